The molecule has 1 unspecified atom stereocenters. The minimum absolute atomic E-state index is 0.0182. The van der Waals surface area contributed by atoms with Crippen LogP contribution in [-0.2, 0) is 9.47 Å². The first-order chi connectivity index (χ1) is 14.1. The summed E-state index contributed by atoms with van der Waals surface area (Å²) in [6, 6.07) is 0.789. The highest BCUT2D eigenvalue weighted by atomic mass is 16.5. The highest BCUT2D eigenvalue weighted by Crippen LogP contribution is 2.20. The Labute approximate surface area is 175 Å². The summed E-state index contributed by atoms with van der Waals surface area (Å²) >= 11 is 0. The second kappa shape index (κ2) is 12.6. The zero-order valence-electron chi connectivity index (χ0n) is 18.3. The number of nitrogens with zero attached hydrogens (tertiary/aromatic N) is 4. The molecule has 2 aliphatic heterocycles. The topological polar surface area (TPSA) is 96.8 Å². The lowest BCUT2D eigenvalue weighted by molar-refractivity contribution is 0.192. The van der Waals surface area contributed by atoms with Gasteiger partial charge in [-0.1, -0.05) is 26.3 Å². The average Bonchev–Trinajstić information content (AvgIpc) is 3.01. The van der Waals surface area contributed by atoms with Crippen LogP contribution in [0.25, 0.3) is 0 Å². The third-order valence-corrected chi connectivity index (χ3v) is 5.23. The van der Waals surface area contributed by atoms with Gasteiger partial charge in [-0.3, -0.25) is 4.90 Å². The van der Waals surface area contributed by atoms with Crippen LogP contribution in [0.4, 0.5) is 0 Å². The maximum absolute atomic E-state index is 5.88. The number of nitrogens with two attached hydrogens (primary N) is 1. The maximum Gasteiger partial charge on any atom is 0.315 e. The largest absolute Gasteiger partial charge is 0.468 e. The van der Waals surface area contributed by atoms with Gasteiger partial charge in [0, 0.05) is 6.54 Å². The van der Waals surface area contributed by atoms with Crippen molar-refractivity contribution in [2.24, 2.45) is 26.6 Å². The predicted molar refractivity (Wildman–Crippen MR) is 119 cm³/mol. The Hall–Kier alpha value is -1.93. The molecule has 3 N–H and O–H groups in total. The van der Waals surface area contributed by atoms with E-state index in [-0.39, 0.29) is 18.8 Å². The summed E-state index contributed by atoms with van der Waals surface area (Å²) in [5.74, 6) is 1.41. The molecule has 2 rings (SSSR count). The highest BCUT2D eigenvalue weighted by molar-refractivity contribution is 6.15. The SMILES string of the molecule is C=C1N=C(OC)N(CCCCC2CCCNC2)/C1=N/C(=N\CN)O[C@@H](C)CCC. The maximum atomic E-state index is 5.88. The molecule has 0 aromatic heterocycles. The van der Waals surface area contributed by atoms with Crippen LogP contribution >= 0.6 is 0 Å². The molecule has 0 aliphatic carbocycles. The van der Waals surface area contributed by atoms with E-state index in [1.54, 1.807) is 7.11 Å². The minimum atomic E-state index is 0.0182. The van der Waals surface area contributed by atoms with E-state index in [1.807, 2.05) is 11.8 Å². The van der Waals surface area contributed by atoms with Gasteiger partial charge in [0.2, 0.25) is 0 Å². The van der Waals surface area contributed by atoms with Crippen LogP contribution in [0.1, 0.15) is 58.8 Å². The molecule has 29 heavy (non-hydrogen) atoms. The Morgan fingerprint density at radius 1 is 1.45 bits per heavy atom. The molecule has 8 heteroatoms. The molecule has 2 atom stereocenters. The number of aliphatic imine (C=N–C) groups is 3. The second-order valence-corrected chi connectivity index (χ2v) is 7.68. The first-order valence-corrected chi connectivity index (χ1v) is 10.9. The number of hydrogen-bond donors (Lipinski definition) is 2. The Kier molecular flexibility index (Phi) is 10.1. The van der Waals surface area contributed by atoms with E-state index in [2.05, 4.69) is 33.8 Å². The normalized spacial score (nSPS) is 22.8. The van der Waals surface area contributed by atoms with Crippen molar-refractivity contribution in [3.63, 3.8) is 0 Å². The number of rotatable bonds is 9. The van der Waals surface area contributed by atoms with Crippen LogP contribution in [0.15, 0.2) is 27.3 Å². The zero-order valence-corrected chi connectivity index (χ0v) is 18.3. The first-order valence-electron chi connectivity index (χ1n) is 10.9. The number of nitrogens with one attached hydrogen (secondary N) is 1. The van der Waals surface area contributed by atoms with Crippen LogP contribution in [0.3, 0.4) is 0 Å². The van der Waals surface area contributed by atoms with Gasteiger partial charge in [0.05, 0.1) is 19.9 Å². The summed E-state index contributed by atoms with van der Waals surface area (Å²) in [4.78, 5) is 15.2. The Morgan fingerprint density at radius 2 is 2.28 bits per heavy atom. The summed E-state index contributed by atoms with van der Waals surface area (Å²) in [6.07, 6.45) is 8.02. The lowest BCUT2D eigenvalue weighted by atomic mass is 9.94. The van der Waals surface area contributed by atoms with E-state index >= 15 is 0 Å². The van der Waals surface area contributed by atoms with Crippen molar-refractivity contribution in [1.29, 1.82) is 0 Å². The van der Waals surface area contributed by atoms with Gasteiger partial charge in [-0.2, -0.15) is 9.98 Å². The first kappa shape index (κ1) is 23.3. The van der Waals surface area contributed by atoms with Crippen molar-refractivity contribution in [3.8, 4) is 0 Å². The van der Waals surface area contributed by atoms with Crippen LogP contribution in [0.5, 0.6) is 0 Å². The predicted octanol–water partition coefficient (Wildman–Crippen LogP) is 2.86. The summed E-state index contributed by atoms with van der Waals surface area (Å²) in [6.45, 7) is 11.3. The summed E-state index contributed by atoms with van der Waals surface area (Å²) in [5.41, 5.74) is 6.16. The quantitative estimate of drug-likeness (QED) is 0.349. The molecule has 0 spiro atoms. The molecule has 8 nitrogen and oxygen atoms in total. The number of piperidine rings is 1. The van der Waals surface area contributed by atoms with Crippen molar-refractivity contribution < 1.29 is 9.47 Å². The molecule has 0 aromatic carbocycles. The van der Waals surface area contributed by atoms with Crippen LogP contribution in [0, 0.1) is 5.92 Å². The smallest absolute Gasteiger partial charge is 0.315 e. The minimum Gasteiger partial charge on any atom is -0.468 e. The molecule has 1 saturated heterocycles. The summed E-state index contributed by atoms with van der Waals surface area (Å²) < 4.78 is 11.3. The van der Waals surface area contributed by atoms with Crippen molar-refractivity contribution in [2.75, 3.05) is 33.4 Å². The monoisotopic (exact) mass is 406 g/mol. The van der Waals surface area contributed by atoms with Gasteiger partial charge in [0.25, 0.3) is 6.02 Å². The van der Waals surface area contributed by atoms with E-state index in [0.29, 0.717) is 17.6 Å². The third-order valence-electron chi connectivity index (χ3n) is 5.23. The van der Waals surface area contributed by atoms with E-state index in [1.165, 1.54) is 19.3 Å². The molecule has 1 fully saturated rings. The van der Waals surface area contributed by atoms with Crippen molar-refractivity contribution in [3.05, 3.63) is 12.3 Å². The molecule has 0 radical (unpaired) electrons. The molecular weight excluding hydrogens is 368 g/mol. The fourth-order valence-electron chi connectivity index (χ4n) is 3.74. The third kappa shape index (κ3) is 7.44. The van der Waals surface area contributed by atoms with E-state index in [4.69, 9.17) is 15.2 Å². The number of methoxy groups -OCH3 is 1. The average molecular weight is 407 g/mol. The van der Waals surface area contributed by atoms with Gasteiger partial charge in [-0.15, -0.1) is 0 Å². The molecule has 0 amide bonds. The lowest BCUT2D eigenvalue weighted by Gasteiger charge is -2.23. The molecule has 2 heterocycles. The fourth-order valence-corrected chi connectivity index (χ4v) is 3.74. The molecule has 164 valence electrons. The van der Waals surface area contributed by atoms with Gasteiger partial charge >= 0.3 is 6.02 Å². The molecule has 0 aromatic rings. The van der Waals surface area contributed by atoms with Crippen molar-refractivity contribution in [1.82, 2.24) is 10.2 Å². The van der Waals surface area contributed by atoms with E-state index in [0.717, 1.165) is 51.2 Å². The van der Waals surface area contributed by atoms with Gasteiger partial charge in [0.1, 0.15) is 5.70 Å². The molecule has 0 saturated carbocycles. The van der Waals surface area contributed by atoms with Crippen molar-refractivity contribution in [2.45, 2.75) is 64.9 Å². The van der Waals surface area contributed by atoms with Gasteiger partial charge < -0.3 is 20.5 Å². The number of unbranched alkanes of at least 4 members (excludes halogenated alkanes) is 1. The van der Waals surface area contributed by atoms with Crippen LogP contribution < -0.4 is 11.1 Å². The van der Waals surface area contributed by atoms with Gasteiger partial charge in [0.15, 0.2) is 5.84 Å². The van der Waals surface area contributed by atoms with Crippen LogP contribution in [-0.4, -0.2) is 62.3 Å². The summed E-state index contributed by atoms with van der Waals surface area (Å²) in [5, 5.41) is 3.49. The van der Waals surface area contributed by atoms with Crippen molar-refractivity contribution >= 4 is 17.9 Å². The number of ether oxygens (including phenoxy) is 2. The number of hydrogen-bond acceptors (Lipinski definition) is 6. The zero-order chi connectivity index (χ0) is 21.1. The van der Waals surface area contributed by atoms with Gasteiger partial charge in [-0.25, -0.2) is 4.99 Å². The second-order valence-electron chi connectivity index (χ2n) is 7.68. The molecule has 2 aliphatic rings. The highest BCUT2D eigenvalue weighted by Gasteiger charge is 2.29. The molecule has 0 bridgehead atoms. The molecular formula is C21H38N6O2. The van der Waals surface area contributed by atoms with E-state index < -0.39 is 0 Å². The van der Waals surface area contributed by atoms with Gasteiger partial charge in [-0.05, 0) is 58.0 Å². The fraction of sp³-hybridized carbons (Fsp3) is 0.762. The standard InChI is InChI=1S/C21H38N6O2/c1-5-9-16(2)29-20(24-15-22)26-19-17(3)25-21(28-4)27(19)13-7-6-10-18-11-8-12-23-14-18/h16,18,23H,3,5-15,22H2,1-2,4H3/b24-20+,26-19+/t16-,18?/m0/s1. The van der Waals surface area contributed by atoms with Crippen LogP contribution in [0.2, 0.25) is 0 Å². The Morgan fingerprint density at radius 3 is 2.93 bits per heavy atom. The van der Waals surface area contributed by atoms with E-state index in [9.17, 15) is 0 Å². The lowest BCUT2D eigenvalue weighted by Crippen LogP contribution is -2.35. The summed E-state index contributed by atoms with van der Waals surface area (Å²) in [7, 11) is 1.62. The Balaban J connectivity index is 1.99. The Bertz CT molecular complexity index is 610. The number of amidine groups is 3.